The quantitative estimate of drug-likeness (QED) is 0.747. The van der Waals surface area contributed by atoms with Gasteiger partial charge in [0.15, 0.2) is 0 Å². The van der Waals surface area contributed by atoms with Crippen molar-refractivity contribution >= 4 is 0 Å². The molecule has 2 fully saturated rings. The van der Waals surface area contributed by atoms with Gasteiger partial charge in [-0.3, -0.25) is 0 Å². The van der Waals surface area contributed by atoms with Crippen molar-refractivity contribution in [2.45, 2.75) is 45.8 Å². The van der Waals surface area contributed by atoms with Crippen LogP contribution in [0.25, 0.3) is 0 Å². The molecule has 2 heteroatoms. The molecule has 82 valence electrons. The summed E-state index contributed by atoms with van der Waals surface area (Å²) in [4.78, 5) is 0. The van der Waals surface area contributed by atoms with Gasteiger partial charge in [0, 0.05) is 0 Å². The van der Waals surface area contributed by atoms with Crippen LogP contribution in [-0.2, 0) is 4.74 Å². The first kappa shape index (κ1) is 10.4. The third-order valence-electron chi connectivity index (χ3n) is 4.23. The third-order valence-corrected chi connectivity index (χ3v) is 4.23. The fourth-order valence-corrected chi connectivity index (χ4v) is 3.23. The normalized spacial score (nSPS) is 45.4. The van der Waals surface area contributed by atoms with Gasteiger partial charge >= 0.3 is 0 Å². The molecule has 0 aromatic rings. The molecule has 0 spiro atoms. The minimum atomic E-state index is 0.492. The zero-order valence-electron chi connectivity index (χ0n) is 9.84. The molecule has 0 aromatic heterocycles. The largest absolute Gasteiger partial charge is 0.375 e. The van der Waals surface area contributed by atoms with Gasteiger partial charge in [0.25, 0.3) is 0 Å². The van der Waals surface area contributed by atoms with Gasteiger partial charge < -0.3 is 10.1 Å². The summed E-state index contributed by atoms with van der Waals surface area (Å²) >= 11 is 0. The van der Waals surface area contributed by atoms with E-state index in [4.69, 9.17) is 4.74 Å². The lowest BCUT2D eigenvalue weighted by Crippen LogP contribution is -2.16. The topological polar surface area (TPSA) is 21.3 Å². The summed E-state index contributed by atoms with van der Waals surface area (Å²) in [5.74, 6) is 1.61. The molecule has 2 rings (SSSR count). The monoisotopic (exact) mass is 197 g/mol. The SMILES string of the molecule is CNCC1C(C2CCC(C)O2)C1(C)C. The van der Waals surface area contributed by atoms with E-state index in [0.717, 1.165) is 18.4 Å². The fourth-order valence-electron chi connectivity index (χ4n) is 3.23. The zero-order valence-corrected chi connectivity index (χ0v) is 9.84. The molecule has 2 aliphatic rings. The molecular formula is C12H23NO. The van der Waals surface area contributed by atoms with Gasteiger partial charge in [-0.1, -0.05) is 13.8 Å². The van der Waals surface area contributed by atoms with Crippen molar-refractivity contribution in [3.8, 4) is 0 Å². The van der Waals surface area contributed by atoms with Crippen LogP contribution in [0.2, 0.25) is 0 Å². The van der Waals surface area contributed by atoms with Crippen molar-refractivity contribution in [1.29, 1.82) is 0 Å². The second-order valence-corrected chi connectivity index (χ2v) is 5.57. The molecular weight excluding hydrogens is 174 g/mol. The summed E-state index contributed by atoms with van der Waals surface area (Å²) in [5, 5.41) is 3.29. The van der Waals surface area contributed by atoms with Crippen LogP contribution in [-0.4, -0.2) is 25.8 Å². The van der Waals surface area contributed by atoms with Gasteiger partial charge in [-0.2, -0.15) is 0 Å². The lowest BCUT2D eigenvalue weighted by atomic mass is 10.0. The highest BCUT2D eigenvalue weighted by atomic mass is 16.5. The number of ether oxygens (including phenoxy) is 1. The molecule has 1 saturated heterocycles. The minimum absolute atomic E-state index is 0.492. The van der Waals surface area contributed by atoms with E-state index < -0.39 is 0 Å². The van der Waals surface area contributed by atoms with Gasteiger partial charge in [-0.25, -0.2) is 0 Å². The average Bonchev–Trinajstić information content (AvgIpc) is 2.46. The van der Waals surface area contributed by atoms with Crippen LogP contribution in [0, 0.1) is 17.3 Å². The van der Waals surface area contributed by atoms with E-state index in [-0.39, 0.29) is 0 Å². The number of rotatable bonds is 3. The second kappa shape index (κ2) is 3.49. The number of nitrogens with one attached hydrogen (secondary N) is 1. The summed E-state index contributed by atoms with van der Waals surface area (Å²) in [6, 6.07) is 0. The fraction of sp³-hybridized carbons (Fsp3) is 1.00. The van der Waals surface area contributed by atoms with Crippen molar-refractivity contribution in [3.05, 3.63) is 0 Å². The number of hydrogen-bond acceptors (Lipinski definition) is 2. The van der Waals surface area contributed by atoms with Crippen LogP contribution in [0.4, 0.5) is 0 Å². The second-order valence-electron chi connectivity index (χ2n) is 5.57. The summed E-state index contributed by atoms with van der Waals surface area (Å²) in [5.41, 5.74) is 0.498. The van der Waals surface area contributed by atoms with E-state index in [1.165, 1.54) is 12.8 Å². The molecule has 0 bridgehead atoms. The van der Waals surface area contributed by atoms with Crippen LogP contribution in [0.5, 0.6) is 0 Å². The first-order valence-electron chi connectivity index (χ1n) is 5.87. The molecule has 0 aromatic carbocycles. The van der Waals surface area contributed by atoms with Crippen LogP contribution in [0.15, 0.2) is 0 Å². The lowest BCUT2D eigenvalue weighted by Gasteiger charge is -2.12. The Morgan fingerprint density at radius 1 is 1.36 bits per heavy atom. The van der Waals surface area contributed by atoms with Gasteiger partial charge in [0.1, 0.15) is 0 Å². The van der Waals surface area contributed by atoms with Crippen molar-refractivity contribution in [2.75, 3.05) is 13.6 Å². The highest BCUT2D eigenvalue weighted by Crippen LogP contribution is 2.61. The van der Waals surface area contributed by atoms with Crippen molar-refractivity contribution in [3.63, 3.8) is 0 Å². The van der Waals surface area contributed by atoms with E-state index in [2.05, 4.69) is 26.1 Å². The van der Waals surface area contributed by atoms with E-state index in [1.54, 1.807) is 0 Å². The predicted octanol–water partition coefficient (Wildman–Crippen LogP) is 2.05. The summed E-state index contributed by atoms with van der Waals surface area (Å²) in [6.07, 6.45) is 3.56. The first-order chi connectivity index (χ1) is 6.57. The molecule has 14 heavy (non-hydrogen) atoms. The predicted molar refractivity (Wildman–Crippen MR) is 58.3 cm³/mol. The van der Waals surface area contributed by atoms with Gasteiger partial charge in [-0.05, 0) is 50.6 Å². The molecule has 4 unspecified atom stereocenters. The Morgan fingerprint density at radius 2 is 2.07 bits per heavy atom. The maximum absolute atomic E-state index is 5.97. The van der Waals surface area contributed by atoms with Crippen LogP contribution >= 0.6 is 0 Å². The molecule has 0 amide bonds. The molecule has 1 saturated carbocycles. The van der Waals surface area contributed by atoms with E-state index in [1.807, 2.05) is 7.05 Å². The van der Waals surface area contributed by atoms with Crippen molar-refractivity contribution < 1.29 is 4.74 Å². The van der Waals surface area contributed by atoms with Crippen LogP contribution < -0.4 is 5.32 Å². The number of hydrogen-bond donors (Lipinski definition) is 1. The van der Waals surface area contributed by atoms with E-state index in [0.29, 0.717) is 17.6 Å². The maximum atomic E-state index is 5.97. The molecule has 2 nitrogen and oxygen atoms in total. The third kappa shape index (κ3) is 1.59. The Bertz CT molecular complexity index is 214. The highest BCUT2D eigenvalue weighted by molar-refractivity contribution is 5.09. The first-order valence-corrected chi connectivity index (χ1v) is 5.87. The minimum Gasteiger partial charge on any atom is -0.375 e. The zero-order chi connectivity index (χ0) is 10.3. The van der Waals surface area contributed by atoms with E-state index >= 15 is 0 Å². The maximum Gasteiger partial charge on any atom is 0.0616 e. The Morgan fingerprint density at radius 3 is 2.57 bits per heavy atom. The molecule has 4 atom stereocenters. The molecule has 1 heterocycles. The molecule has 1 aliphatic carbocycles. The van der Waals surface area contributed by atoms with E-state index in [9.17, 15) is 0 Å². The molecule has 1 aliphatic heterocycles. The molecule has 0 radical (unpaired) electrons. The van der Waals surface area contributed by atoms with Gasteiger partial charge in [0.2, 0.25) is 0 Å². The lowest BCUT2D eigenvalue weighted by molar-refractivity contribution is 0.0339. The summed E-state index contributed by atoms with van der Waals surface area (Å²) in [7, 11) is 2.05. The van der Waals surface area contributed by atoms with Crippen molar-refractivity contribution in [2.24, 2.45) is 17.3 Å². The van der Waals surface area contributed by atoms with Crippen molar-refractivity contribution in [1.82, 2.24) is 5.32 Å². The summed E-state index contributed by atoms with van der Waals surface area (Å²) in [6.45, 7) is 8.10. The standard InChI is InChI=1S/C12H23NO/c1-8-5-6-10(14-8)11-9(7-13-4)12(11,2)3/h8-11,13H,5-7H2,1-4H3. The summed E-state index contributed by atoms with van der Waals surface area (Å²) < 4.78 is 5.97. The average molecular weight is 197 g/mol. The smallest absolute Gasteiger partial charge is 0.0616 e. The Hall–Kier alpha value is -0.0800. The Kier molecular flexibility index (Phi) is 2.61. The van der Waals surface area contributed by atoms with Gasteiger partial charge in [-0.15, -0.1) is 0 Å². The Labute approximate surface area is 87.4 Å². The van der Waals surface area contributed by atoms with Crippen LogP contribution in [0.3, 0.4) is 0 Å². The highest BCUT2D eigenvalue weighted by Gasteiger charge is 2.61. The van der Waals surface area contributed by atoms with Crippen LogP contribution in [0.1, 0.15) is 33.6 Å². The van der Waals surface area contributed by atoms with Gasteiger partial charge in [0.05, 0.1) is 12.2 Å². The Balaban J connectivity index is 1.93. The molecule has 1 N–H and O–H groups in total.